The topological polar surface area (TPSA) is 83.8 Å². The SMILES string of the molecule is [C-]#[N+]c1ccc(NC(=O)Nc2cccc(C(C)NC(=O)OC3CCCC3)c2)cc1Cl. The summed E-state index contributed by atoms with van der Waals surface area (Å²) in [6.07, 6.45) is 3.61. The van der Waals surface area contributed by atoms with Crippen molar-refractivity contribution in [2.75, 3.05) is 10.6 Å². The molecule has 0 spiro atoms. The molecule has 1 atom stereocenters. The van der Waals surface area contributed by atoms with E-state index in [1.807, 2.05) is 13.0 Å². The Morgan fingerprint density at radius 3 is 2.50 bits per heavy atom. The second-order valence-electron chi connectivity index (χ2n) is 7.16. The van der Waals surface area contributed by atoms with Crippen molar-refractivity contribution in [3.63, 3.8) is 0 Å². The van der Waals surface area contributed by atoms with Crippen molar-refractivity contribution >= 4 is 40.8 Å². The Labute approximate surface area is 180 Å². The normalized spacial score (nSPS) is 14.4. The number of halogens is 1. The van der Waals surface area contributed by atoms with Crippen LogP contribution in [0.3, 0.4) is 0 Å². The Kier molecular flexibility index (Phi) is 7.15. The number of carbonyl (C=O) groups is 2. The minimum atomic E-state index is -0.444. The molecular formula is C22H23ClN4O3. The van der Waals surface area contributed by atoms with E-state index in [4.69, 9.17) is 22.9 Å². The zero-order chi connectivity index (χ0) is 21.5. The summed E-state index contributed by atoms with van der Waals surface area (Å²) in [7, 11) is 0. The van der Waals surface area contributed by atoms with Crippen molar-refractivity contribution in [1.29, 1.82) is 0 Å². The number of alkyl carbamates (subject to hydrolysis) is 1. The molecule has 1 saturated carbocycles. The van der Waals surface area contributed by atoms with E-state index in [1.54, 1.807) is 30.3 Å². The number of carbonyl (C=O) groups excluding carboxylic acids is 2. The number of rotatable bonds is 5. The number of hydrogen-bond donors (Lipinski definition) is 3. The summed E-state index contributed by atoms with van der Waals surface area (Å²) in [6, 6.07) is 11.2. The van der Waals surface area contributed by atoms with Crippen LogP contribution >= 0.6 is 11.6 Å². The second kappa shape index (κ2) is 9.99. The molecule has 8 heteroatoms. The first-order chi connectivity index (χ1) is 14.4. The maximum Gasteiger partial charge on any atom is 0.407 e. The third kappa shape index (κ3) is 5.88. The number of urea groups is 1. The van der Waals surface area contributed by atoms with Crippen LogP contribution in [0.2, 0.25) is 5.02 Å². The van der Waals surface area contributed by atoms with Crippen molar-refractivity contribution in [1.82, 2.24) is 5.32 Å². The van der Waals surface area contributed by atoms with Crippen molar-refractivity contribution in [2.24, 2.45) is 0 Å². The Hall–Kier alpha value is -3.24. The molecule has 3 amide bonds. The van der Waals surface area contributed by atoms with Crippen molar-refractivity contribution in [2.45, 2.75) is 44.8 Å². The first kappa shape index (κ1) is 21.5. The standard InChI is InChI=1S/C22H23ClN4O3/c1-14(25-22(29)30-18-8-3-4-9-18)15-6-5-7-16(12-15)26-21(28)27-17-10-11-20(24-2)19(23)13-17/h5-7,10-14,18H,3-4,8-9H2,1H3,(H,25,29)(H2,26,27,28). The van der Waals surface area contributed by atoms with Crippen molar-refractivity contribution in [3.8, 4) is 0 Å². The molecule has 3 rings (SSSR count). The fraction of sp³-hybridized carbons (Fsp3) is 0.318. The van der Waals surface area contributed by atoms with E-state index in [-0.39, 0.29) is 17.2 Å². The van der Waals surface area contributed by atoms with Gasteiger partial charge in [-0.15, -0.1) is 0 Å². The van der Waals surface area contributed by atoms with E-state index in [0.29, 0.717) is 17.1 Å². The zero-order valence-corrected chi connectivity index (χ0v) is 17.3. The van der Waals surface area contributed by atoms with Gasteiger partial charge in [-0.2, -0.15) is 0 Å². The fourth-order valence-electron chi connectivity index (χ4n) is 3.31. The van der Waals surface area contributed by atoms with Gasteiger partial charge in [0.05, 0.1) is 12.6 Å². The fourth-order valence-corrected chi connectivity index (χ4v) is 3.53. The van der Waals surface area contributed by atoms with Gasteiger partial charge in [0.25, 0.3) is 0 Å². The highest BCUT2D eigenvalue weighted by atomic mass is 35.5. The number of nitrogens with one attached hydrogen (secondary N) is 3. The Bertz CT molecular complexity index is 967. The predicted molar refractivity (Wildman–Crippen MR) is 117 cm³/mol. The molecule has 1 unspecified atom stereocenters. The van der Waals surface area contributed by atoms with E-state index in [0.717, 1.165) is 31.2 Å². The van der Waals surface area contributed by atoms with Crippen LogP contribution < -0.4 is 16.0 Å². The molecule has 1 fully saturated rings. The molecule has 2 aromatic carbocycles. The highest BCUT2D eigenvalue weighted by molar-refractivity contribution is 6.33. The summed E-state index contributed by atoms with van der Waals surface area (Å²) in [5, 5.41) is 8.53. The summed E-state index contributed by atoms with van der Waals surface area (Å²) in [5.41, 5.74) is 2.21. The van der Waals surface area contributed by atoms with Gasteiger partial charge in [0.2, 0.25) is 5.69 Å². The average molecular weight is 427 g/mol. The van der Waals surface area contributed by atoms with Crippen LogP contribution in [0.5, 0.6) is 0 Å². The monoisotopic (exact) mass is 426 g/mol. The molecular weight excluding hydrogens is 404 g/mol. The van der Waals surface area contributed by atoms with Crippen LogP contribution in [0.25, 0.3) is 4.85 Å². The van der Waals surface area contributed by atoms with Gasteiger partial charge in [-0.05, 0) is 62.4 Å². The van der Waals surface area contributed by atoms with Gasteiger partial charge in [0, 0.05) is 16.4 Å². The lowest BCUT2D eigenvalue weighted by Gasteiger charge is -2.18. The average Bonchev–Trinajstić information content (AvgIpc) is 3.21. The van der Waals surface area contributed by atoms with Crippen LogP contribution in [-0.4, -0.2) is 18.2 Å². The molecule has 0 radical (unpaired) electrons. The molecule has 0 bridgehead atoms. The molecule has 0 aliphatic heterocycles. The van der Waals surface area contributed by atoms with E-state index in [9.17, 15) is 9.59 Å². The smallest absolute Gasteiger partial charge is 0.407 e. The number of anilines is 2. The lowest BCUT2D eigenvalue weighted by Crippen LogP contribution is -2.30. The minimum Gasteiger partial charge on any atom is -0.446 e. The predicted octanol–water partition coefficient (Wildman–Crippen LogP) is 6.26. The first-order valence-electron chi connectivity index (χ1n) is 9.76. The molecule has 0 aromatic heterocycles. The van der Waals surface area contributed by atoms with Crippen LogP contribution in [0, 0.1) is 6.57 Å². The maximum absolute atomic E-state index is 12.3. The molecule has 7 nitrogen and oxygen atoms in total. The number of benzene rings is 2. The molecule has 156 valence electrons. The molecule has 1 aliphatic rings. The maximum atomic E-state index is 12.3. The van der Waals surface area contributed by atoms with Crippen LogP contribution in [0.15, 0.2) is 42.5 Å². The third-order valence-corrected chi connectivity index (χ3v) is 5.18. The van der Waals surface area contributed by atoms with Crippen molar-refractivity contribution < 1.29 is 14.3 Å². The molecule has 0 heterocycles. The number of hydrogen-bond acceptors (Lipinski definition) is 3. The summed E-state index contributed by atoms with van der Waals surface area (Å²) in [5.74, 6) is 0. The third-order valence-electron chi connectivity index (χ3n) is 4.88. The lowest BCUT2D eigenvalue weighted by molar-refractivity contribution is 0.0984. The van der Waals surface area contributed by atoms with Crippen LogP contribution in [0.4, 0.5) is 26.7 Å². The summed E-state index contributed by atoms with van der Waals surface area (Å²) in [6.45, 7) is 8.86. The number of amides is 3. The van der Waals surface area contributed by atoms with Gasteiger partial charge in [0.1, 0.15) is 6.10 Å². The Morgan fingerprint density at radius 2 is 1.83 bits per heavy atom. The molecule has 2 aromatic rings. The van der Waals surface area contributed by atoms with E-state index >= 15 is 0 Å². The van der Waals surface area contributed by atoms with Gasteiger partial charge >= 0.3 is 12.1 Å². The van der Waals surface area contributed by atoms with E-state index in [1.165, 1.54) is 6.07 Å². The van der Waals surface area contributed by atoms with E-state index in [2.05, 4.69) is 20.8 Å². The number of ether oxygens (including phenoxy) is 1. The Balaban J connectivity index is 1.56. The molecule has 0 saturated heterocycles. The van der Waals surface area contributed by atoms with Gasteiger partial charge in [-0.25, -0.2) is 14.4 Å². The summed E-state index contributed by atoms with van der Waals surface area (Å²) >= 11 is 5.99. The quantitative estimate of drug-likeness (QED) is 0.493. The van der Waals surface area contributed by atoms with Crippen LogP contribution in [0.1, 0.15) is 44.2 Å². The summed E-state index contributed by atoms with van der Waals surface area (Å²) in [4.78, 5) is 27.6. The molecule has 1 aliphatic carbocycles. The zero-order valence-electron chi connectivity index (χ0n) is 16.6. The lowest BCUT2D eigenvalue weighted by atomic mass is 10.1. The first-order valence-corrected chi connectivity index (χ1v) is 10.1. The largest absolute Gasteiger partial charge is 0.446 e. The van der Waals surface area contributed by atoms with E-state index < -0.39 is 12.1 Å². The molecule has 3 N–H and O–H groups in total. The summed E-state index contributed by atoms with van der Waals surface area (Å²) < 4.78 is 5.43. The second-order valence-corrected chi connectivity index (χ2v) is 7.57. The van der Waals surface area contributed by atoms with Crippen molar-refractivity contribution in [3.05, 3.63) is 64.5 Å². The highest BCUT2D eigenvalue weighted by Crippen LogP contribution is 2.28. The number of nitrogens with zero attached hydrogens (tertiary/aromatic N) is 1. The molecule has 30 heavy (non-hydrogen) atoms. The van der Waals surface area contributed by atoms with Gasteiger partial charge in [-0.1, -0.05) is 29.8 Å². The van der Waals surface area contributed by atoms with Gasteiger partial charge in [0.15, 0.2) is 0 Å². The minimum absolute atomic E-state index is 0.00579. The van der Waals surface area contributed by atoms with Gasteiger partial charge < -0.3 is 20.7 Å². The highest BCUT2D eigenvalue weighted by Gasteiger charge is 2.20. The van der Waals surface area contributed by atoms with Crippen LogP contribution in [-0.2, 0) is 4.74 Å². The Morgan fingerprint density at radius 1 is 1.13 bits per heavy atom. The van der Waals surface area contributed by atoms with Gasteiger partial charge in [-0.3, -0.25) is 0 Å².